The molecule has 0 amide bonds. The first kappa shape index (κ1) is 8.08. The van der Waals surface area contributed by atoms with Crippen molar-refractivity contribution in [1.29, 1.82) is 0 Å². The number of nitrogens with zero attached hydrogens (tertiary/aromatic N) is 1. The molecular formula is C8H12ClN3. The second kappa shape index (κ2) is 3.46. The lowest BCUT2D eigenvalue weighted by Gasteiger charge is -2.20. The maximum absolute atomic E-state index is 5.75. The highest BCUT2D eigenvalue weighted by atomic mass is 35.5. The van der Waals surface area contributed by atoms with Gasteiger partial charge >= 0.3 is 0 Å². The van der Waals surface area contributed by atoms with E-state index in [1.54, 1.807) is 6.20 Å². The van der Waals surface area contributed by atoms with E-state index in [9.17, 15) is 0 Å². The Labute approximate surface area is 76.5 Å². The number of piperidine rings is 1. The molecule has 0 aliphatic carbocycles. The SMILES string of the molecule is Clc1cnc(C2CCNCC2)[nH]1. The fraction of sp³-hybridized carbons (Fsp3) is 0.625. The maximum atomic E-state index is 5.75. The molecule has 0 radical (unpaired) electrons. The van der Waals surface area contributed by atoms with Gasteiger partial charge in [0.05, 0.1) is 6.20 Å². The van der Waals surface area contributed by atoms with Gasteiger partial charge in [0.15, 0.2) is 0 Å². The Balaban J connectivity index is 2.08. The van der Waals surface area contributed by atoms with Crippen LogP contribution < -0.4 is 5.32 Å². The van der Waals surface area contributed by atoms with Crippen molar-refractivity contribution in [1.82, 2.24) is 15.3 Å². The second-order valence-corrected chi connectivity index (χ2v) is 3.55. The molecule has 1 aromatic rings. The van der Waals surface area contributed by atoms with E-state index in [-0.39, 0.29) is 0 Å². The molecule has 12 heavy (non-hydrogen) atoms. The third-order valence-corrected chi connectivity index (χ3v) is 2.48. The minimum Gasteiger partial charge on any atom is -0.333 e. The molecule has 0 bridgehead atoms. The van der Waals surface area contributed by atoms with Gasteiger partial charge in [-0.1, -0.05) is 11.6 Å². The molecule has 0 unspecified atom stereocenters. The summed E-state index contributed by atoms with van der Waals surface area (Å²) in [5, 5.41) is 3.96. The quantitative estimate of drug-likeness (QED) is 0.697. The van der Waals surface area contributed by atoms with Gasteiger partial charge in [-0.3, -0.25) is 0 Å². The van der Waals surface area contributed by atoms with Crippen molar-refractivity contribution < 1.29 is 0 Å². The predicted octanol–water partition coefficient (Wildman–Crippen LogP) is 1.53. The highest BCUT2D eigenvalue weighted by Crippen LogP contribution is 2.22. The van der Waals surface area contributed by atoms with Crippen molar-refractivity contribution >= 4 is 11.6 Å². The normalized spacial score (nSPS) is 19.8. The van der Waals surface area contributed by atoms with Gasteiger partial charge in [0.1, 0.15) is 11.0 Å². The van der Waals surface area contributed by atoms with E-state index in [2.05, 4.69) is 15.3 Å². The first-order valence-electron chi connectivity index (χ1n) is 4.27. The molecule has 3 nitrogen and oxygen atoms in total. The van der Waals surface area contributed by atoms with Crippen molar-refractivity contribution in [2.24, 2.45) is 0 Å². The summed E-state index contributed by atoms with van der Waals surface area (Å²) in [7, 11) is 0. The Bertz CT molecular complexity index is 253. The Morgan fingerprint density at radius 1 is 1.42 bits per heavy atom. The van der Waals surface area contributed by atoms with E-state index >= 15 is 0 Å². The Kier molecular flexibility index (Phi) is 2.33. The maximum Gasteiger partial charge on any atom is 0.126 e. The lowest BCUT2D eigenvalue weighted by Crippen LogP contribution is -2.27. The molecule has 2 rings (SSSR count). The molecule has 0 atom stereocenters. The standard InChI is InChI=1S/C8H12ClN3/c9-7-5-11-8(12-7)6-1-3-10-4-2-6/h5-6,10H,1-4H2,(H,11,12). The minimum absolute atomic E-state index is 0.568. The molecule has 1 fully saturated rings. The smallest absolute Gasteiger partial charge is 0.126 e. The summed E-state index contributed by atoms with van der Waals surface area (Å²) in [5.41, 5.74) is 0. The third-order valence-electron chi connectivity index (χ3n) is 2.29. The highest BCUT2D eigenvalue weighted by molar-refractivity contribution is 6.29. The molecule has 2 N–H and O–H groups in total. The van der Waals surface area contributed by atoms with Crippen molar-refractivity contribution in [2.75, 3.05) is 13.1 Å². The van der Waals surface area contributed by atoms with Crippen molar-refractivity contribution in [3.63, 3.8) is 0 Å². The van der Waals surface area contributed by atoms with E-state index in [1.165, 1.54) is 0 Å². The van der Waals surface area contributed by atoms with Crippen LogP contribution in [-0.2, 0) is 0 Å². The number of H-pyrrole nitrogens is 1. The Morgan fingerprint density at radius 3 is 2.75 bits per heavy atom. The summed E-state index contributed by atoms with van der Waals surface area (Å²) in [4.78, 5) is 7.30. The molecule has 66 valence electrons. The number of rotatable bonds is 1. The Hall–Kier alpha value is -0.540. The zero-order valence-corrected chi connectivity index (χ0v) is 7.56. The molecule has 1 aromatic heterocycles. The molecular weight excluding hydrogens is 174 g/mol. The summed E-state index contributed by atoms with van der Waals surface area (Å²) in [5.74, 6) is 1.61. The molecule has 1 saturated heterocycles. The lowest BCUT2D eigenvalue weighted by molar-refractivity contribution is 0.447. The van der Waals surface area contributed by atoms with Crippen molar-refractivity contribution in [2.45, 2.75) is 18.8 Å². The van der Waals surface area contributed by atoms with E-state index in [0.29, 0.717) is 11.1 Å². The number of imidazole rings is 1. The van der Waals surface area contributed by atoms with Crippen LogP contribution in [0.4, 0.5) is 0 Å². The van der Waals surface area contributed by atoms with Crippen LogP contribution >= 0.6 is 11.6 Å². The average Bonchev–Trinajstić information content (AvgIpc) is 2.54. The molecule has 1 aliphatic heterocycles. The van der Waals surface area contributed by atoms with E-state index in [0.717, 1.165) is 31.8 Å². The van der Waals surface area contributed by atoms with Gasteiger partial charge < -0.3 is 10.3 Å². The number of nitrogens with one attached hydrogen (secondary N) is 2. The molecule has 4 heteroatoms. The average molecular weight is 186 g/mol. The predicted molar refractivity (Wildman–Crippen MR) is 48.4 cm³/mol. The number of aromatic amines is 1. The molecule has 0 aromatic carbocycles. The largest absolute Gasteiger partial charge is 0.333 e. The minimum atomic E-state index is 0.568. The second-order valence-electron chi connectivity index (χ2n) is 3.14. The number of hydrogen-bond acceptors (Lipinski definition) is 2. The van der Waals surface area contributed by atoms with E-state index in [1.807, 2.05) is 0 Å². The number of halogens is 1. The lowest BCUT2D eigenvalue weighted by atomic mass is 9.98. The van der Waals surface area contributed by atoms with E-state index < -0.39 is 0 Å². The van der Waals surface area contributed by atoms with Crippen LogP contribution in [0.15, 0.2) is 6.20 Å². The van der Waals surface area contributed by atoms with Gasteiger partial charge in [0.2, 0.25) is 0 Å². The van der Waals surface area contributed by atoms with Crippen LogP contribution in [0.3, 0.4) is 0 Å². The molecule has 0 spiro atoms. The molecule has 2 heterocycles. The topological polar surface area (TPSA) is 40.7 Å². The Morgan fingerprint density at radius 2 is 2.17 bits per heavy atom. The van der Waals surface area contributed by atoms with Gasteiger partial charge in [-0.2, -0.15) is 0 Å². The van der Waals surface area contributed by atoms with E-state index in [4.69, 9.17) is 11.6 Å². The number of hydrogen-bond donors (Lipinski definition) is 2. The first-order chi connectivity index (χ1) is 5.86. The highest BCUT2D eigenvalue weighted by Gasteiger charge is 2.17. The fourth-order valence-corrected chi connectivity index (χ4v) is 1.76. The monoisotopic (exact) mass is 185 g/mol. The van der Waals surface area contributed by atoms with Gasteiger partial charge in [-0.25, -0.2) is 4.98 Å². The summed E-state index contributed by atoms with van der Waals surface area (Å²) in [6, 6.07) is 0. The van der Waals surface area contributed by atoms with Crippen LogP contribution in [-0.4, -0.2) is 23.1 Å². The van der Waals surface area contributed by atoms with Crippen molar-refractivity contribution in [3.8, 4) is 0 Å². The van der Waals surface area contributed by atoms with Crippen LogP contribution in [0.1, 0.15) is 24.6 Å². The molecule has 1 aliphatic rings. The van der Waals surface area contributed by atoms with Gasteiger partial charge in [-0.15, -0.1) is 0 Å². The fourth-order valence-electron chi connectivity index (χ4n) is 1.62. The summed E-state index contributed by atoms with van der Waals surface area (Å²) in [6.45, 7) is 2.17. The zero-order chi connectivity index (χ0) is 8.39. The summed E-state index contributed by atoms with van der Waals surface area (Å²) >= 11 is 5.75. The third kappa shape index (κ3) is 1.62. The van der Waals surface area contributed by atoms with Gasteiger partial charge in [0.25, 0.3) is 0 Å². The molecule has 0 saturated carbocycles. The van der Waals surface area contributed by atoms with Crippen LogP contribution in [0.5, 0.6) is 0 Å². The first-order valence-corrected chi connectivity index (χ1v) is 4.65. The van der Waals surface area contributed by atoms with Crippen LogP contribution in [0.2, 0.25) is 5.15 Å². The van der Waals surface area contributed by atoms with Gasteiger partial charge in [-0.05, 0) is 25.9 Å². The van der Waals surface area contributed by atoms with Crippen molar-refractivity contribution in [3.05, 3.63) is 17.2 Å². The van der Waals surface area contributed by atoms with Gasteiger partial charge in [0, 0.05) is 5.92 Å². The summed E-state index contributed by atoms with van der Waals surface area (Å²) < 4.78 is 0. The summed E-state index contributed by atoms with van der Waals surface area (Å²) in [6.07, 6.45) is 3.99. The van der Waals surface area contributed by atoms with Crippen LogP contribution in [0, 0.1) is 0 Å². The van der Waals surface area contributed by atoms with Crippen LogP contribution in [0.25, 0.3) is 0 Å². The number of aromatic nitrogens is 2. The zero-order valence-electron chi connectivity index (χ0n) is 6.81.